The first-order valence-electron chi connectivity index (χ1n) is 5.94. The fourth-order valence-electron chi connectivity index (χ4n) is 1.63. The first-order chi connectivity index (χ1) is 10.3. The number of alkyl halides is 3. The summed E-state index contributed by atoms with van der Waals surface area (Å²) in [6, 6.07) is 7.15. The van der Waals surface area contributed by atoms with Crippen molar-refractivity contribution in [2.24, 2.45) is 4.99 Å². The lowest BCUT2D eigenvalue weighted by atomic mass is 10.2. The van der Waals surface area contributed by atoms with Gasteiger partial charge in [-0.2, -0.15) is 13.2 Å². The van der Waals surface area contributed by atoms with Gasteiger partial charge in [-0.25, -0.2) is 0 Å². The second-order valence-corrected chi connectivity index (χ2v) is 4.28. The van der Waals surface area contributed by atoms with E-state index in [1.807, 2.05) is 0 Å². The third kappa shape index (κ3) is 3.60. The number of hydrogen-bond acceptors (Lipinski definition) is 4. The van der Waals surface area contributed by atoms with Crippen LogP contribution in [0.3, 0.4) is 0 Å². The van der Waals surface area contributed by atoms with Crippen molar-refractivity contribution in [3.8, 4) is 5.75 Å². The fraction of sp³-hybridized carbons (Fsp3) is 0.0714. The van der Waals surface area contributed by atoms with Gasteiger partial charge in [0, 0.05) is 18.3 Å². The van der Waals surface area contributed by atoms with Crippen molar-refractivity contribution in [2.45, 2.75) is 6.18 Å². The molecular formula is C14H8F3N2O3-. The molecule has 0 aliphatic heterocycles. The summed E-state index contributed by atoms with van der Waals surface area (Å²) >= 11 is 0. The molecule has 0 unspecified atom stereocenters. The van der Waals surface area contributed by atoms with Gasteiger partial charge in [0.25, 0.3) is 5.69 Å². The number of aliphatic imine (C=N–C) groups is 1. The predicted octanol–water partition coefficient (Wildman–Crippen LogP) is 3.44. The monoisotopic (exact) mass is 309 g/mol. The molecule has 0 fully saturated rings. The highest BCUT2D eigenvalue weighted by atomic mass is 19.4. The van der Waals surface area contributed by atoms with Gasteiger partial charge in [-0.1, -0.05) is 11.8 Å². The van der Waals surface area contributed by atoms with Gasteiger partial charge >= 0.3 is 6.18 Å². The molecule has 0 aliphatic rings. The van der Waals surface area contributed by atoms with Crippen LogP contribution in [-0.4, -0.2) is 11.1 Å². The van der Waals surface area contributed by atoms with Gasteiger partial charge in [-0.15, -0.1) is 0 Å². The van der Waals surface area contributed by atoms with Gasteiger partial charge in [-0.3, -0.25) is 15.1 Å². The number of nitro groups is 1. The molecule has 8 heteroatoms. The zero-order valence-electron chi connectivity index (χ0n) is 10.9. The van der Waals surface area contributed by atoms with Gasteiger partial charge < -0.3 is 5.11 Å². The number of non-ortho nitro benzene ring substituents is 1. The lowest BCUT2D eigenvalue weighted by Gasteiger charge is -2.09. The molecule has 0 N–H and O–H groups in total. The topological polar surface area (TPSA) is 78.6 Å². The maximum atomic E-state index is 12.4. The summed E-state index contributed by atoms with van der Waals surface area (Å²) in [5.41, 5.74) is -0.909. The Hall–Kier alpha value is -2.90. The predicted molar refractivity (Wildman–Crippen MR) is 71.2 cm³/mol. The van der Waals surface area contributed by atoms with Crippen LogP contribution in [0, 0.1) is 10.1 Å². The average molecular weight is 309 g/mol. The smallest absolute Gasteiger partial charge is 0.416 e. The number of halogens is 3. The molecule has 0 aromatic heterocycles. The molecule has 2 aromatic carbocycles. The minimum absolute atomic E-state index is 0.0194. The number of nitro benzene ring substituents is 1. The van der Waals surface area contributed by atoms with E-state index in [9.17, 15) is 28.4 Å². The van der Waals surface area contributed by atoms with Gasteiger partial charge in [-0.05, 0) is 29.8 Å². The maximum Gasteiger partial charge on any atom is 0.416 e. The van der Waals surface area contributed by atoms with Crippen LogP contribution in [0.4, 0.5) is 24.5 Å². The largest absolute Gasteiger partial charge is 0.872 e. The first kappa shape index (κ1) is 15.5. The molecule has 0 bridgehead atoms. The standard InChI is InChI=1S/C14H9F3N2O3/c15-14(16,17)10-1-3-11(4-2-10)18-8-9-7-12(19(21)22)5-6-13(9)20/h1-8,20H/p-1. The lowest BCUT2D eigenvalue weighted by Crippen LogP contribution is -2.03. The summed E-state index contributed by atoms with van der Waals surface area (Å²) < 4.78 is 37.2. The van der Waals surface area contributed by atoms with Crippen molar-refractivity contribution < 1.29 is 23.2 Å². The normalized spacial score (nSPS) is 11.8. The highest BCUT2D eigenvalue weighted by Gasteiger charge is 2.29. The van der Waals surface area contributed by atoms with E-state index < -0.39 is 22.4 Å². The summed E-state index contributed by atoms with van der Waals surface area (Å²) in [6.07, 6.45) is -3.36. The molecule has 0 amide bonds. The van der Waals surface area contributed by atoms with E-state index in [4.69, 9.17) is 0 Å². The molecule has 0 heterocycles. The Kier molecular flexibility index (Phi) is 4.11. The van der Waals surface area contributed by atoms with Crippen molar-refractivity contribution in [3.63, 3.8) is 0 Å². The van der Waals surface area contributed by atoms with E-state index in [-0.39, 0.29) is 16.9 Å². The van der Waals surface area contributed by atoms with Crippen LogP contribution in [-0.2, 0) is 6.18 Å². The van der Waals surface area contributed by atoms with Crippen molar-refractivity contribution in [3.05, 3.63) is 63.7 Å². The maximum absolute atomic E-state index is 12.4. The molecule has 0 saturated carbocycles. The van der Waals surface area contributed by atoms with Crippen molar-refractivity contribution in [1.82, 2.24) is 0 Å². The molecular weight excluding hydrogens is 301 g/mol. The molecule has 0 spiro atoms. The zero-order chi connectivity index (χ0) is 16.3. The zero-order valence-corrected chi connectivity index (χ0v) is 10.9. The molecule has 0 atom stereocenters. The van der Waals surface area contributed by atoms with Crippen LogP contribution in [0.2, 0.25) is 0 Å². The molecule has 22 heavy (non-hydrogen) atoms. The van der Waals surface area contributed by atoms with E-state index in [2.05, 4.69) is 4.99 Å². The third-order valence-electron chi connectivity index (χ3n) is 2.75. The average Bonchev–Trinajstić information content (AvgIpc) is 2.45. The Labute approximate surface area is 122 Å². The molecule has 0 radical (unpaired) electrons. The quantitative estimate of drug-likeness (QED) is 0.495. The number of nitrogens with zero attached hydrogens (tertiary/aromatic N) is 2. The SMILES string of the molecule is O=[N+]([O-])c1ccc([O-])c(C=Nc2ccc(C(F)(F)F)cc2)c1. The van der Waals surface area contributed by atoms with E-state index >= 15 is 0 Å². The van der Waals surface area contributed by atoms with Gasteiger partial charge in [0.2, 0.25) is 0 Å². The van der Waals surface area contributed by atoms with Crippen molar-refractivity contribution in [2.75, 3.05) is 0 Å². The fourth-order valence-corrected chi connectivity index (χ4v) is 1.63. The van der Waals surface area contributed by atoms with Crippen LogP contribution in [0.1, 0.15) is 11.1 Å². The van der Waals surface area contributed by atoms with Crippen LogP contribution in [0.5, 0.6) is 5.75 Å². The lowest BCUT2D eigenvalue weighted by molar-refractivity contribution is -0.385. The highest BCUT2D eigenvalue weighted by Crippen LogP contribution is 2.30. The molecule has 0 saturated heterocycles. The van der Waals surface area contributed by atoms with E-state index in [1.165, 1.54) is 0 Å². The molecule has 5 nitrogen and oxygen atoms in total. The van der Waals surface area contributed by atoms with Crippen LogP contribution >= 0.6 is 0 Å². The Balaban J connectivity index is 2.25. The molecule has 114 valence electrons. The molecule has 0 aliphatic carbocycles. The Morgan fingerprint density at radius 3 is 2.27 bits per heavy atom. The number of rotatable bonds is 3. The van der Waals surface area contributed by atoms with Gasteiger partial charge in [0.1, 0.15) is 0 Å². The number of hydrogen-bond donors (Lipinski definition) is 0. The Morgan fingerprint density at radius 1 is 1.09 bits per heavy atom. The Morgan fingerprint density at radius 2 is 1.73 bits per heavy atom. The summed E-state index contributed by atoms with van der Waals surface area (Å²) in [5.74, 6) is -0.471. The van der Waals surface area contributed by atoms with Crippen molar-refractivity contribution in [1.29, 1.82) is 0 Å². The van der Waals surface area contributed by atoms with Gasteiger partial charge in [0.05, 0.1) is 16.2 Å². The van der Waals surface area contributed by atoms with Crippen LogP contribution in [0.15, 0.2) is 47.5 Å². The minimum atomic E-state index is -4.44. The summed E-state index contributed by atoms with van der Waals surface area (Å²) in [4.78, 5) is 13.8. The van der Waals surface area contributed by atoms with E-state index in [1.54, 1.807) is 0 Å². The van der Waals surface area contributed by atoms with E-state index in [0.717, 1.165) is 48.7 Å². The van der Waals surface area contributed by atoms with E-state index in [0.29, 0.717) is 0 Å². The van der Waals surface area contributed by atoms with Crippen LogP contribution < -0.4 is 5.11 Å². The van der Waals surface area contributed by atoms with Crippen molar-refractivity contribution >= 4 is 17.6 Å². The minimum Gasteiger partial charge on any atom is -0.872 e. The van der Waals surface area contributed by atoms with Crippen LogP contribution in [0.25, 0.3) is 0 Å². The highest BCUT2D eigenvalue weighted by molar-refractivity contribution is 5.86. The first-order valence-corrected chi connectivity index (χ1v) is 5.94. The second-order valence-electron chi connectivity index (χ2n) is 4.28. The number of benzene rings is 2. The second kappa shape index (κ2) is 5.84. The summed E-state index contributed by atoms with van der Waals surface area (Å²) in [5, 5.41) is 22.2. The Bertz CT molecular complexity index is 725. The molecule has 2 aromatic rings. The third-order valence-corrected chi connectivity index (χ3v) is 2.75. The van der Waals surface area contributed by atoms with Gasteiger partial charge in [0.15, 0.2) is 0 Å². The summed E-state index contributed by atoms with van der Waals surface area (Å²) in [6.45, 7) is 0. The summed E-state index contributed by atoms with van der Waals surface area (Å²) in [7, 11) is 0. The molecule has 2 rings (SSSR count).